The fourth-order valence-corrected chi connectivity index (χ4v) is 5.05. The zero-order valence-electron chi connectivity index (χ0n) is 26.5. The Balaban J connectivity index is 0.00000213. The SMILES string of the molecule is C(=C\c1cccc(Oc2cccc(/C=C/c3ccccc3)c2/C=C/c2ccccc2)c1/C=C/c1ccccc1)/c1ccccc1.C=C. The second kappa shape index (κ2) is 17.3. The van der Waals surface area contributed by atoms with Gasteiger partial charge in [-0.25, -0.2) is 0 Å². The van der Waals surface area contributed by atoms with Crippen LogP contribution in [0.3, 0.4) is 0 Å². The van der Waals surface area contributed by atoms with Crippen molar-refractivity contribution in [1.29, 1.82) is 0 Å². The van der Waals surface area contributed by atoms with E-state index >= 15 is 0 Å². The maximum absolute atomic E-state index is 6.83. The van der Waals surface area contributed by atoms with Crippen molar-refractivity contribution >= 4 is 48.6 Å². The molecule has 0 radical (unpaired) electrons. The number of rotatable bonds is 10. The Bertz CT molecular complexity index is 1800. The van der Waals surface area contributed by atoms with Gasteiger partial charge in [0.25, 0.3) is 0 Å². The lowest BCUT2D eigenvalue weighted by Gasteiger charge is -2.15. The third-order valence-electron chi connectivity index (χ3n) is 7.41. The molecule has 0 spiro atoms. The molecule has 0 unspecified atom stereocenters. The summed E-state index contributed by atoms with van der Waals surface area (Å²) in [6.07, 6.45) is 17.2. The van der Waals surface area contributed by atoms with Gasteiger partial charge >= 0.3 is 0 Å². The summed E-state index contributed by atoms with van der Waals surface area (Å²) in [4.78, 5) is 0. The van der Waals surface area contributed by atoms with E-state index in [0.29, 0.717) is 0 Å². The fourth-order valence-electron chi connectivity index (χ4n) is 5.05. The van der Waals surface area contributed by atoms with E-state index in [2.05, 4.69) is 183 Å². The molecule has 0 saturated heterocycles. The first-order valence-electron chi connectivity index (χ1n) is 15.7. The van der Waals surface area contributed by atoms with Gasteiger partial charge in [0.2, 0.25) is 0 Å². The summed E-state index contributed by atoms with van der Waals surface area (Å²) in [5, 5.41) is 0. The standard InChI is InChI=1S/C44H34O.C2H4/c1-5-15-35(16-6-1)27-31-39-23-13-25-43(41(39)33-29-37-19-9-3-10-20-37)45-44-26-14-24-40(32-28-36-17-7-2-8-18-36)42(44)34-30-38-21-11-4-12-22-38;1-2/h1-34H;1-2H2/b31-27+,32-28+,33-29+,34-30+;. The van der Waals surface area contributed by atoms with Gasteiger partial charge in [-0.1, -0.05) is 194 Å². The zero-order valence-corrected chi connectivity index (χ0v) is 26.5. The Morgan fingerprint density at radius 1 is 0.298 bits per heavy atom. The average Bonchev–Trinajstić information content (AvgIpc) is 3.15. The van der Waals surface area contributed by atoms with Crippen molar-refractivity contribution in [3.8, 4) is 11.5 Å². The Morgan fingerprint density at radius 2 is 0.596 bits per heavy atom. The molecule has 0 aliphatic rings. The van der Waals surface area contributed by atoms with Gasteiger partial charge in [-0.05, 0) is 45.5 Å². The molecule has 0 atom stereocenters. The van der Waals surface area contributed by atoms with Gasteiger partial charge in [0, 0.05) is 11.1 Å². The topological polar surface area (TPSA) is 9.23 Å². The molecule has 228 valence electrons. The van der Waals surface area contributed by atoms with Crippen molar-refractivity contribution in [1.82, 2.24) is 0 Å². The Labute approximate surface area is 279 Å². The maximum Gasteiger partial charge on any atom is 0.135 e. The van der Waals surface area contributed by atoms with Crippen molar-refractivity contribution in [3.63, 3.8) is 0 Å². The van der Waals surface area contributed by atoms with E-state index in [1.807, 2.05) is 36.4 Å². The highest BCUT2D eigenvalue weighted by Crippen LogP contribution is 2.35. The van der Waals surface area contributed by atoms with Crippen molar-refractivity contribution in [2.24, 2.45) is 0 Å². The first-order chi connectivity index (χ1) is 23.3. The lowest BCUT2D eigenvalue weighted by atomic mass is 10.0. The molecule has 0 N–H and O–H groups in total. The van der Waals surface area contributed by atoms with Gasteiger partial charge in [-0.15, -0.1) is 13.2 Å². The molecule has 0 heterocycles. The van der Waals surface area contributed by atoms with Crippen LogP contribution >= 0.6 is 0 Å². The second-order valence-electron chi connectivity index (χ2n) is 10.6. The Hall–Kier alpha value is -6.18. The predicted octanol–water partition coefficient (Wildman–Crippen LogP) is 13.0. The largest absolute Gasteiger partial charge is 0.456 e. The lowest BCUT2D eigenvalue weighted by Crippen LogP contribution is -1.94. The minimum Gasteiger partial charge on any atom is -0.456 e. The van der Waals surface area contributed by atoms with Crippen LogP contribution in [0.2, 0.25) is 0 Å². The van der Waals surface area contributed by atoms with Crippen LogP contribution in [0.4, 0.5) is 0 Å². The molecule has 1 heteroatoms. The van der Waals surface area contributed by atoms with Crippen LogP contribution in [-0.4, -0.2) is 0 Å². The van der Waals surface area contributed by atoms with E-state index in [1.54, 1.807) is 0 Å². The number of ether oxygens (including phenoxy) is 1. The minimum absolute atomic E-state index is 0.788. The molecule has 0 amide bonds. The molecule has 0 bridgehead atoms. The average molecular weight is 607 g/mol. The molecule has 0 saturated carbocycles. The molecule has 0 aliphatic carbocycles. The summed E-state index contributed by atoms with van der Waals surface area (Å²) in [6.45, 7) is 6.00. The zero-order chi connectivity index (χ0) is 32.5. The monoisotopic (exact) mass is 606 g/mol. The smallest absolute Gasteiger partial charge is 0.135 e. The third kappa shape index (κ3) is 9.41. The quantitative estimate of drug-likeness (QED) is 0.111. The van der Waals surface area contributed by atoms with Gasteiger partial charge in [0.1, 0.15) is 11.5 Å². The first-order valence-corrected chi connectivity index (χ1v) is 15.7. The lowest BCUT2D eigenvalue weighted by molar-refractivity contribution is 0.480. The van der Waals surface area contributed by atoms with Crippen LogP contribution in [0.15, 0.2) is 171 Å². The highest BCUT2D eigenvalue weighted by atomic mass is 16.5. The van der Waals surface area contributed by atoms with Crippen LogP contribution in [0.1, 0.15) is 44.5 Å². The maximum atomic E-state index is 6.83. The molecule has 6 aromatic carbocycles. The molecule has 0 aliphatic heterocycles. The van der Waals surface area contributed by atoms with Gasteiger partial charge < -0.3 is 4.74 Å². The van der Waals surface area contributed by atoms with Crippen LogP contribution in [0.5, 0.6) is 11.5 Å². The second-order valence-corrected chi connectivity index (χ2v) is 10.6. The molecule has 0 aromatic heterocycles. The molecular weight excluding hydrogens is 569 g/mol. The van der Waals surface area contributed by atoms with Crippen LogP contribution in [0, 0.1) is 0 Å². The highest BCUT2D eigenvalue weighted by molar-refractivity contribution is 5.84. The summed E-state index contributed by atoms with van der Waals surface area (Å²) < 4.78 is 6.83. The third-order valence-corrected chi connectivity index (χ3v) is 7.41. The Kier molecular flexibility index (Phi) is 11.9. The van der Waals surface area contributed by atoms with Crippen LogP contribution in [-0.2, 0) is 0 Å². The summed E-state index contributed by atoms with van der Waals surface area (Å²) in [5.74, 6) is 1.58. The predicted molar refractivity (Wildman–Crippen MR) is 206 cm³/mol. The number of hydrogen-bond donors (Lipinski definition) is 0. The summed E-state index contributed by atoms with van der Waals surface area (Å²) in [5.41, 5.74) is 8.72. The molecule has 0 fully saturated rings. The molecule has 1 nitrogen and oxygen atoms in total. The van der Waals surface area contributed by atoms with Crippen LogP contribution < -0.4 is 4.74 Å². The summed E-state index contributed by atoms with van der Waals surface area (Å²) in [7, 11) is 0. The van der Waals surface area contributed by atoms with E-state index in [0.717, 1.165) is 56.0 Å². The van der Waals surface area contributed by atoms with Crippen molar-refractivity contribution in [2.75, 3.05) is 0 Å². The highest BCUT2D eigenvalue weighted by Gasteiger charge is 2.11. The molecule has 6 aromatic rings. The van der Waals surface area contributed by atoms with Gasteiger partial charge in [-0.3, -0.25) is 0 Å². The van der Waals surface area contributed by atoms with Crippen molar-refractivity contribution < 1.29 is 4.74 Å². The molecule has 6 rings (SSSR count). The number of hydrogen-bond acceptors (Lipinski definition) is 1. The number of benzene rings is 6. The van der Waals surface area contributed by atoms with Gasteiger partial charge in [0.15, 0.2) is 0 Å². The van der Waals surface area contributed by atoms with E-state index in [-0.39, 0.29) is 0 Å². The first kappa shape index (κ1) is 32.2. The minimum atomic E-state index is 0.788. The van der Waals surface area contributed by atoms with Crippen molar-refractivity contribution in [3.05, 3.63) is 215 Å². The summed E-state index contributed by atoms with van der Waals surface area (Å²) in [6, 6.07) is 53.9. The summed E-state index contributed by atoms with van der Waals surface area (Å²) >= 11 is 0. The fraction of sp³-hybridized carbons (Fsp3) is 0. The van der Waals surface area contributed by atoms with Crippen LogP contribution in [0.25, 0.3) is 48.6 Å². The molecular formula is C46H38O. The molecule has 47 heavy (non-hydrogen) atoms. The van der Waals surface area contributed by atoms with Gasteiger partial charge in [-0.2, -0.15) is 0 Å². The normalized spacial score (nSPS) is 11.2. The van der Waals surface area contributed by atoms with Crippen molar-refractivity contribution in [2.45, 2.75) is 0 Å². The van der Waals surface area contributed by atoms with E-state index in [1.165, 1.54) is 0 Å². The van der Waals surface area contributed by atoms with E-state index in [4.69, 9.17) is 4.74 Å². The van der Waals surface area contributed by atoms with E-state index < -0.39 is 0 Å². The Morgan fingerprint density at radius 3 is 0.915 bits per heavy atom. The van der Waals surface area contributed by atoms with Gasteiger partial charge in [0.05, 0.1) is 0 Å². The van der Waals surface area contributed by atoms with E-state index in [9.17, 15) is 0 Å².